The topological polar surface area (TPSA) is 98.0 Å². The maximum Gasteiger partial charge on any atom is 0.309 e. The standard InChI is InChI=1S/C20H26N4O4/c25-13-8-21-19(26)20(27)22-15-17(18-7-4-14-28-18)24-11-9-23(10-12-24)16-5-2-1-3-6-16/h1-7,14,17,25H,8-13,15H2,(H,21,26)(H,22,27). The first-order chi connectivity index (χ1) is 13.7. The van der Waals surface area contributed by atoms with Gasteiger partial charge in [0.1, 0.15) is 5.76 Å². The number of hydrogen-bond acceptors (Lipinski definition) is 6. The van der Waals surface area contributed by atoms with Crippen LogP contribution in [-0.4, -0.2) is 67.7 Å². The number of piperazine rings is 1. The smallest absolute Gasteiger partial charge is 0.309 e. The van der Waals surface area contributed by atoms with Crippen LogP contribution in [0.4, 0.5) is 5.69 Å². The number of furan rings is 1. The Hall–Kier alpha value is -2.84. The predicted octanol–water partition coefficient (Wildman–Crippen LogP) is 0.368. The maximum atomic E-state index is 12.0. The molecule has 1 saturated heterocycles. The van der Waals surface area contributed by atoms with Crippen LogP contribution >= 0.6 is 0 Å². The highest BCUT2D eigenvalue weighted by Gasteiger charge is 2.28. The van der Waals surface area contributed by atoms with Gasteiger partial charge in [-0.3, -0.25) is 14.5 Å². The second-order valence-electron chi connectivity index (χ2n) is 6.58. The number of para-hydroxylation sites is 1. The number of carbonyl (C=O) groups is 2. The Balaban J connectivity index is 1.59. The Labute approximate surface area is 164 Å². The van der Waals surface area contributed by atoms with Crippen molar-refractivity contribution in [3.05, 3.63) is 54.5 Å². The highest BCUT2D eigenvalue weighted by molar-refractivity contribution is 6.35. The number of rotatable bonds is 7. The van der Waals surface area contributed by atoms with Gasteiger partial charge in [-0.15, -0.1) is 0 Å². The van der Waals surface area contributed by atoms with E-state index < -0.39 is 11.8 Å². The van der Waals surface area contributed by atoms with E-state index in [0.29, 0.717) is 0 Å². The van der Waals surface area contributed by atoms with Crippen molar-refractivity contribution in [1.82, 2.24) is 15.5 Å². The summed E-state index contributed by atoms with van der Waals surface area (Å²) in [5.41, 5.74) is 1.20. The summed E-state index contributed by atoms with van der Waals surface area (Å²) in [6.45, 7) is 3.47. The number of nitrogens with one attached hydrogen (secondary N) is 2. The van der Waals surface area contributed by atoms with Gasteiger partial charge >= 0.3 is 11.8 Å². The van der Waals surface area contributed by atoms with Crippen LogP contribution in [0.3, 0.4) is 0 Å². The van der Waals surface area contributed by atoms with Crippen molar-refractivity contribution in [2.24, 2.45) is 0 Å². The lowest BCUT2D eigenvalue weighted by Crippen LogP contribution is -2.50. The van der Waals surface area contributed by atoms with Crippen LogP contribution in [0.1, 0.15) is 11.8 Å². The molecular weight excluding hydrogens is 360 g/mol. The molecule has 3 rings (SSSR count). The lowest BCUT2D eigenvalue weighted by atomic mass is 10.1. The number of benzene rings is 1. The Bertz CT molecular complexity index is 743. The van der Waals surface area contributed by atoms with Gasteiger partial charge in [0.15, 0.2) is 0 Å². The van der Waals surface area contributed by atoms with Gasteiger partial charge in [0.05, 0.1) is 18.9 Å². The van der Waals surface area contributed by atoms with E-state index >= 15 is 0 Å². The van der Waals surface area contributed by atoms with E-state index in [1.165, 1.54) is 5.69 Å². The highest BCUT2D eigenvalue weighted by Crippen LogP contribution is 2.24. The number of aliphatic hydroxyl groups excluding tert-OH is 1. The van der Waals surface area contributed by atoms with Gasteiger partial charge < -0.3 is 25.1 Å². The molecule has 1 aromatic heterocycles. The molecule has 0 saturated carbocycles. The van der Waals surface area contributed by atoms with Gasteiger partial charge in [-0.1, -0.05) is 18.2 Å². The summed E-state index contributed by atoms with van der Waals surface area (Å²) in [5.74, 6) is -0.710. The zero-order chi connectivity index (χ0) is 19.8. The van der Waals surface area contributed by atoms with E-state index in [-0.39, 0.29) is 25.7 Å². The minimum Gasteiger partial charge on any atom is -0.468 e. The second kappa shape index (κ2) is 9.91. The number of carbonyl (C=O) groups excluding carboxylic acids is 2. The van der Waals surface area contributed by atoms with E-state index in [1.807, 2.05) is 30.3 Å². The van der Waals surface area contributed by atoms with Crippen LogP contribution < -0.4 is 15.5 Å². The van der Waals surface area contributed by atoms with E-state index in [0.717, 1.165) is 31.9 Å². The molecule has 0 aliphatic carbocycles. The molecule has 1 aromatic carbocycles. The summed E-state index contributed by atoms with van der Waals surface area (Å²) < 4.78 is 5.58. The minimum absolute atomic E-state index is 0.0509. The summed E-state index contributed by atoms with van der Waals surface area (Å²) in [4.78, 5) is 28.3. The molecule has 8 nitrogen and oxygen atoms in total. The van der Waals surface area contributed by atoms with Gasteiger partial charge in [0.25, 0.3) is 0 Å². The summed E-state index contributed by atoms with van der Waals surface area (Å²) >= 11 is 0. The first kappa shape index (κ1) is 19.9. The summed E-state index contributed by atoms with van der Waals surface area (Å²) in [6, 6.07) is 13.8. The number of hydrogen-bond donors (Lipinski definition) is 3. The van der Waals surface area contributed by atoms with Gasteiger partial charge in [0.2, 0.25) is 0 Å². The van der Waals surface area contributed by atoms with Crippen LogP contribution in [0.5, 0.6) is 0 Å². The molecule has 28 heavy (non-hydrogen) atoms. The van der Waals surface area contributed by atoms with Gasteiger partial charge in [-0.05, 0) is 24.3 Å². The van der Waals surface area contributed by atoms with Crippen LogP contribution in [0.15, 0.2) is 53.1 Å². The fourth-order valence-corrected chi connectivity index (χ4v) is 3.34. The van der Waals surface area contributed by atoms with Crippen molar-refractivity contribution >= 4 is 17.5 Å². The average Bonchev–Trinajstić information content (AvgIpc) is 3.27. The zero-order valence-corrected chi connectivity index (χ0v) is 15.7. The average molecular weight is 386 g/mol. The molecule has 1 aliphatic heterocycles. The molecule has 0 spiro atoms. The third kappa shape index (κ3) is 5.11. The third-order valence-corrected chi connectivity index (χ3v) is 4.81. The molecule has 1 fully saturated rings. The van der Waals surface area contributed by atoms with Crippen molar-refractivity contribution in [2.45, 2.75) is 6.04 Å². The molecule has 0 bridgehead atoms. The normalized spacial score (nSPS) is 15.8. The number of aliphatic hydroxyl groups is 1. The summed E-state index contributed by atoms with van der Waals surface area (Å²) in [6.07, 6.45) is 1.61. The lowest BCUT2D eigenvalue weighted by Gasteiger charge is -2.39. The van der Waals surface area contributed by atoms with Crippen LogP contribution in [0.25, 0.3) is 0 Å². The molecule has 0 radical (unpaired) electrons. The van der Waals surface area contributed by atoms with Gasteiger partial charge in [-0.25, -0.2) is 0 Å². The first-order valence-corrected chi connectivity index (χ1v) is 9.43. The molecule has 2 aromatic rings. The molecule has 8 heteroatoms. The second-order valence-corrected chi connectivity index (χ2v) is 6.58. The monoisotopic (exact) mass is 386 g/mol. The maximum absolute atomic E-state index is 12.0. The fourth-order valence-electron chi connectivity index (χ4n) is 3.34. The molecule has 1 atom stereocenters. The molecule has 2 heterocycles. The van der Waals surface area contributed by atoms with Gasteiger partial charge in [0, 0.05) is 45.0 Å². The van der Waals surface area contributed by atoms with Crippen molar-refractivity contribution in [1.29, 1.82) is 0 Å². The Morgan fingerprint density at radius 2 is 1.71 bits per heavy atom. The van der Waals surface area contributed by atoms with Crippen LogP contribution in [0, 0.1) is 0 Å². The Morgan fingerprint density at radius 1 is 1.00 bits per heavy atom. The molecule has 3 N–H and O–H groups in total. The first-order valence-electron chi connectivity index (χ1n) is 9.43. The number of nitrogens with zero attached hydrogens (tertiary/aromatic N) is 2. The number of anilines is 1. The number of amides is 2. The summed E-state index contributed by atoms with van der Waals surface area (Å²) in [5, 5.41) is 13.8. The Morgan fingerprint density at radius 3 is 2.36 bits per heavy atom. The Kier molecular flexibility index (Phi) is 7.05. The molecule has 2 amide bonds. The minimum atomic E-state index is -0.749. The molecule has 1 aliphatic rings. The van der Waals surface area contributed by atoms with Crippen LogP contribution in [-0.2, 0) is 9.59 Å². The third-order valence-electron chi connectivity index (χ3n) is 4.81. The van der Waals surface area contributed by atoms with E-state index in [9.17, 15) is 9.59 Å². The SMILES string of the molecule is O=C(NCCO)C(=O)NCC(c1ccco1)N1CCN(c2ccccc2)CC1. The van der Waals surface area contributed by atoms with E-state index in [1.54, 1.807) is 6.26 Å². The van der Waals surface area contributed by atoms with Crippen LogP contribution in [0.2, 0.25) is 0 Å². The van der Waals surface area contributed by atoms with Crippen molar-refractivity contribution < 1.29 is 19.1 Å². The predicted molar refractivity (Wildman–Crippen MR) is 105 cm³/mol. The summed E-state index contributed by atoms with van der Waals surface area (Å²) in [7, 11) is 0. The zero-order valence-electron chi connectivity index (χ0n) is 15.7. The van der Waals surface area contributed by atoms with Crippen molar-refractivity contribution in [3.8, 4) is 0 Å². The lowest BCUT2D eigenvalue weighted by molar-refractivity contribution is -0.139. The molecular formula is C20H26N4O4. The van der Waals surface area contributed by atoms with Crippen molar-refractivity contribution in [3.63, 3.8) is 0 Å². The van der Waals surface area contributed by atoms with E-state index in [2.05, 4.69) is 32.6 Å². The highest BCUT2D eigenvalue weighted by atomic mass is 16.3. The fraction of sp³-hybridized carbons (Fsp3) is 0.400. The molecule has 1 unspecified atom stereocenters. The van der Waals surface area contributed by atoms with Gasteiger partial charge in [-0.2, -0.15) is 0 Å². The quantitative estimate of drug-likeness (QED) is 0.595. The van der Waals surface area contributed by atoms with E-state index in [4.69, 9.17) is 9.52 Å². The largest absolute Gasteiger partial charge is 0.468 e. The van der Waals surface area contributed by atoms with Crippen molar-refractivity contribution in [2.75, 3.05) is 50.8 Å². The molecule has 150 valence electrons.